The Morgan fingerprint density at radius 2 is 1.89 bits per heavy atom. The molecule has 0 spiro atoms. The van der Waals surface area contributed by atoms with E-state index in [1.807, 2.05) is 13.8 Å². The number of nitrogens with one attached hydrogen (secondary N) is 2. The number of carboxylic acid groups (broad SMARTS) is 1. The minimum absolute atomic E-state index is 0.238. The smallest absolute Gasteiger partial charge is 0.307 e. The number of rotatable bonds is 6. The Balaban J connectivity index is 1.70. The third-order valence-corrected chi connectivity index (χ3v) is 5.90. The Morgan fingerprint density at radius 3 is 2.54 bits per heavy atom. The average Bonchev–Trinajstić information content (AvgIpc) is 3.33. The van der Waals surface area contributed by atoms with Crippen molar-refractivity contribution in [3.63, 3.8) is 0 Å². The molecule has 0 saturated heterocycles. The van der Waals surface area contributed by atoms with Gasteiger partial charge in [-0.05, 0) is 50.3 Å². The molecule has 0 saturated carbocycles. The van der Waals surface area contributed by atoms with Crippen LogP contribution in [0.5, 0.6) is 0 Å². The van der Waals surface area contributed by atoms with Crippen molar-refractivity contribution in [1.29, 1.82) is 0 Å². The van der Waals surface area contributed by atoms with E-state index in [1.54, 1.807) is 23.6 Å². The molecule has 28 heavy (non-hydrogen) atoms. The fraction of sp³-hybridized carbons (Fsp3) is 0.350. The summed E-state index contributed by atoms with van der Waals surface area (Å²) in [6.07, 6.45) is 2.29. The first-order valence-corrected chi connectivity index (χ1v) is 9.81. The zero-order valence-corrected chi connectivity index (χ0v) is 16.5. The van der Waals surface area contributed by atoms with Crippen molar-refractivity contribution >= 4 is 34.1 Å². The van der Waals surface area contributed by atoms with Gasteiger partial charge in [0.2, 0.25) is 5.91 Å². The second-order valence-corrected chi connectivity index (χ2v) is 7.85. The molecule has 0 unspecified atom stereocenters. The van der Waals surface area contributed by atoms with E-state index < -0.39 is 17.8 Å². The van der Waals surface area contributed by atoms with Gasteiger partial charge in [0, 0.05) is 0 Å². The number of furan rings is 1. The molecule has 3 rings (SSSR count). The molecular formula is C20H22N2O5S. The molecule has 2 aromatic heterocycles. The summed E-state index contributed by atoms with van der Waals surface area (Å²) in [5, 5.41) is 17.1. The van der Waals surface area contributed by atoms with Gasteiger partial charge < -0.3 is 20.2 Å². The lowest BCUT2D eigenvalue weighted by molar-refractivity contribution is -0.146. The van der Waals surface area contributed by atoms with Crippen molar-refractivity contribution in [1.82, 2.24) is 5.32 Å². The third-order valence-electron chi connectivity index (χ3n) is 5.07. The number of carbonyl (C=O) groups is 3. The Bertz CT molecular complexity index is 913. The fourth-order valence-corrected chi connectivity index (χ4v) is 4.08. The minimum Gasteiger partial charge on any atom is -0.481 e. The van der Waals surface area contributed by atoms with Crippen LogP contribution in [0.1, 0.15) is 42.8 Å². The van der Waals surface area contributed by atoms with Gasteiger partial charge in [-0.1, -0.05) is 11.1 Å². The normalized spacial score (nSPS) is 19.4. The van der Waals surface area contributed by atoms with Crippen molar-refractivity contribution < 1.29 is 23.9 Å². The first kappa shape index (κ1) is 19.9. The largest absolute Gasteiger partial charge is 0.481 e. The quantitative estimate of drug-likeness (QED) is 0.639. The molecule has 8 heteroatoms. The molecule has 3 N–H and O–H groups in total. The number of amides is 2. The molecule has 7 nitrogen and oxygen atoms in total. The summed E-state index contributed by atoms with van der Waals surface area (Å²) in [5.41, 5.74) is 2.40. The SMILES string of the molecule is CC1=C(C)C[C@@H](C(=O)O)[C@@H](C(=O)Nc2sccc2C(=O)NCc2ccco2)C1. The second-order valence-electron chi connectivity index (χ2n) is 6.93. The van der Waals surface area contributed by atoms with Crippen LogP contribution in [0.15, 0.2) is 45.4 Å². The molecule has 1 aliphatic carbocycles. The summed E-state index contributed by atoms with van der Waals surface area (Å²) < 4.78 is 5.19. The number of anilines is 1. The summed E-state index contributed by atoms with van der Waals surface area (Å²) in [6, 6.07) is 5.12. The molecule has 2 aromatic rings. The standard InChI is InChI=1S/C20H22N2O5S/c1-11-8-15(16(20(25)26)9-12(11)2)18(24)22-19-14(5-7-28-19)17(23)21-10-13-4-3-6-27-13/h3-7,15-16H,8-10H2,1-2H3,(H,21,23)(H,22,24)(H,25,26)/t15-,16+/m0/s1. The summed E-state index contributed by atoms with van der Waals surface area (Å²) >= 11 is 1.23. The van der Waals surface area contributed by atoms with Crippen LogP contribution in [0, 0.1) is 11.8 Å². The second kappa shape index (κ2) is 8.43. The van der Waals surface area contributed by atoms with Gasteiger partial charge in [0.05, 0.1) is 30.2 Å². The Kier molecular flexibility index (Phi) is 5.99. The van der Waals surface area contributed by atoms with E-state index in [0.29, 0.717) is 29.2 Å². The van der Waals surface area contributed by atoms with E-state index in [4.69, 9.17) is 4.42 Å². The van der Waals surface area contributed by atoms with Crippen molar-refractivity contribution in [3.05, 3.63) is 52.3 Å². The highest BCUT2D eigenvalue weighted by molar-refractivity contribution is 7.14. The van der Waals surface area contributed by atoms with E-state index in [2.05, 4.69) is 10.6 Å². The highest BCUT2D eigenvalue weighted by atomic mass is 32.1. The molecule has 0 bridgehead atoms. The topological polar surface area (TPSA) is 109 Å². The molecule has 0 radical (unpaired) electrons. The van der Waals surface area contributed by atoms with Crippen molar-refractivity contribution in [2.75, 3.05) is 5.32 Å². The lowest BCUT2D eigenvalue weighted by Gasteiger charge is -2.29. The summed E-state index contributed by atoms with van der Waals surface area (Å²) in [4.78, 5) is 36.9. The maximum atomic E-state index is 12.8. The molecule has 0 fully saturated rings. The van der Waals surface area contributed by atoms with Crippen LogP contribution in [0.25, 0.3) is 0 Å². The predicted molar refractivity (Wildman–Crippen MR) is 105 cm³/mol. The molecule has 0 aliphatic heterocycles. The molecule has 2 atom stereocenters. The van der Waals surface area contributed by atoms with E-state index in [0.717, 1.165) is 11.1 Å². The van der Waals surface area contributed by atoms with Gasteiger partial charge in [-0.25, -0.2) is 0 Å². The number of carbonyl (C=O) groups excluding carboxylic acids is 2. The number of allylic oxidation sites excluding steroid dienone is 2. The molecule has 0 aromatic carbocycles. The monoisotopic (exact) mass is 402 g/mol. The van der Waals surface area contributed by atoms with Crippen LogP contribution in [-0.2, 0) is 16.1 Å². The minimum atomic E-state index is -0.977. The maximum Gasteiger partial charge on any atom is 0.307 e. The number of hydrogen-bond donors (Lipinski definition) is 3. The molecular weight excluding hydrogens is 380 g/mol. The van der Waals surface area contributed by atoms with E-state index in [1.165, 1.54) is 17.6 Å². The summed E-state index contributed by atoms with van der Waals surface area (Å²) in [5.74, 6) is -2.49. The highest BCUT2D eigenvalue weighted by Gasteiger charge is 2.37. The van der Waals surface area contributed by atoms with Crippen LogP contribution < -0.4 is 10.6 Å². The van der Waals surface area contributed by atoms with Crippen molar-refractivity contribution in [3.8, 4) is 0 Å². The maximum absolute atomic E-state index is 12.8. The number of thiophene rings is 1. The first-order valence-electron chi connectivity index (χ1n) is 8.93. The van der Waals surface area contributed by atoms with Crippen LogP contribution >= 0.6 is 11.3 Å². The zero-order valence-electron chi connectivity index (χ0n) is 15.7. The van der Waals surface area contributed by atoms with Gasteiger partial charge >= 0.3 is 5.97 Å². The predicted octanol–water partition coefficient (Wildman–Crippen LogP) is 3.66. The van der Waals surface area contributed by atoms with Crippen molar-refractivity contribution in [2.45, 2.75) is 33.2 Å². The number of carboxylic acids is 1. The van der Waals surface area contributed by atoms with Gasteiger partial charge in [-0.15, -0.1) is 11.3 Å². The third kappa shape index (κ3) is 4.33. The van der Waals surface area contributed by atoms with Gasteiger partial charge in [-0.3, -0.25) is 14.4 Å². The van der Waals surface area contributed by atoms with E-state index in [9.17, 15) is 19.5 Å². The average molecular weight is 402 g/mol. The molecule has 1 aliphatic rings. The van der Waals surface area contributed by atoms with Gasteiger partial charge in [0.1, 0.15) is 10.8 Å². The lowest BCUT2D eigenvalue weighted by Crippen LogP contribution is -2.36. The fourth-order valence-electron chi connectivity index (χ4n) is 3.29. The van der Waals surface area contributed by atoms with Crippen LogP contribution in [0.4, 0.5) is 5.00 Å². The Hall–Kier alpha value is -2.87. The molecule has 2 heterocycles. The number of hydrogen-bond acceptors (Lipinski definition) is 5. The van der Waals surface area contributed by atoms with Crippen LogP contribution in [0.3, 0.4) is 0 Å². The lowest BCUT2D eigenvalue weighted by atomic mass is 9.76. The van der Waals surface area contributed by atoms with Crippen LogP contribution in [-0.4, -0.2) is 22.9 Å². The first-order chi connectivity index (χ1) is 13.4. The zero-order chi connectivity index (χ0) is 20.3. The summed E-state index contributed by atoms with van der Waals surface area (Å²) in [7, 11) is 0. The number of aliphatic carboxylic acids is 1. The van der Waals surface area contributed by atoms with E-state index in [-0.39, 0.29) is 18.4 Å². The van der Waals surface area contributed by atoms with Gasteiger partial charge in [-0.2, -0.15) is 0 Å². The van der Waals surface area contributed by atoms with Gasteiger partial charge in [0.25, 0.3) is 5.91 Å². The van der Waals surface area contributed by atoms with E-state index >= 15 is 0 Å². The van der Waals surface area contributed by atoms with Crippen LogP contribution in [0.2, 0.25) is 0 Å². The molecule has 2 amide bonds. The van der Waals surface area contributed by atoms with Gasteiger partial charge in [0.15, 0.2) is 0 Å². The summed E-state index contributed by atoms with van der Waals surface area (Å²) in [6.45, 7) is 4.06. The van der Waals surface area contributed by atoms with Crippen molar-refractivity contribution in [2.24, 2.45) is 11.8 Å². The highest BCUT2D eigenvalue weighted by Crippen LogP contribution is 2.35. The molecule has 148 valence electrons. The Morgan fingerprint density at radius 1 is 1.18 bits per heavy atom. The Labute approximate surface area is 166 Å².